The van der Waals surface area contributed by atoms with E-state index >= 15 is 0 Å². The zero-order valence-corrected chi connectivity index (χ0v) is 17.9. The second-order valence-corrected chi connectivity index (χ2v) is 7.70. The number of aromatic nitrogens is 2. The van der Waals surface area contributed by atoms with Gasteiger partial charge in [-0.1, -0.05) is 22.8 Å². The van der Waals surface area contributed by atoms with Gasteiger partial charge in [0.2, 0.25) is 11.7 Å². The normalized spacial score (nSPS) is 15.3. The quantitative estimate of drug-likeness (QED) is 0.568. The Morgan fingerprint density at radius 3 is 2.23 bits per heavy atom. The van der Waals surface area contributed by atoms with Crippen molar-refractivity contribution >= 4 is 11.6 Å². The third kappa shape index (κ3) is 4.92. The third-order valence-corrected chi connectivity index (χ3v) is 5.50. The van der Waals surface area contributed by atoms with E-state index in [-0.39, 0.29) is 0 Å². The molecule has 158 valence electrons. The van der Waals surface area contributed by atoms with E-state index in [0.717, 1.165) is 49.8 Å². The van der Waals surface area contributed by atoms with Gasteiger partial charge in [0.15, 0.2) is 11.5 Å². The Balaban J connectivity index is 1.29. The van der Waals surface area contributed by atoms with Gasteiger partial charge in [0, 0.05) is 43.3 Å². The molecular weight excluding hydrogens is 404 g/mol. The van der Waals surface area contributed by atoms with E-state index in [1.165, 1.54) is 5.56 Å². The van der Waals surface area contributed by atoms with Crippen LogP contribution < -0.4 is 9.47 Å². The van der Waals surface area contributed by atoms with Crippen LogP contribution in [0, 0.1) is 0 Å². The molecule has 1 aliphatic rings. The Hall–Kier alpha value is -2.61. The van der Waals surface area contributed by atoms with Crippen LogP contribution in [-0.4, -0.2) is 60.3 Å². The minimum absolute atomic E-state index is 0.591. The van der Waals surface area contributed by atoms with Gasteiger partial charge in [-0.15, -0.1) is 0 Å². The first-order valence-corrected chi connectivity index (χ1v) is 10.3. The van der Waals surface area contributed by atoms with Crippen LogP contribution in [0.2, 0.25) is 5.02 Å². The predicted octanol–water partition coefficient (Wildman–Crippen LogP) is 3.73. The summed E-state index contributed by atoms with van der Waals surface area (Å²) in [7, 11) is 3.31. The van der Waals surface area contributed by atoms with Crippen LogP contribution in [0.3, 0.4) is 0 Å². The summed E-state index contributed by atoms with van der Waals surface area (Å²) in [4.78, 5) is 9.30. The van der Waals surface area contributed by atoms with Gasteiger partial charge in [0.1, 0.15) is 0 Å². The van der Waals surface area contributed by atoms with Crippen molar-refractivity contribution in [2.75, 3.05) is 40.4 Å². The van der Waals surface area contributed by atoms with Crippen LogP contribution in [0.1, 0.15) is 11.5 Å². The zero-order chi connectivity index (χ0) is 20.9. The summed E-state index contributed by atoms with van der Waals surface area (Å²) in [6, 6.07) is 13.5. The molecule has 3 aromatic rings. The molecule has 0 aliphatic carbocycles. The van der Waals surface area contributed by atoms with E-state index in [9.17, 15) is 0 Å². The number of halogens is 1. The standard InChI is InChI=1S/C22H25ClN4O3/c1-28-19-8-3-16(13-20(19)29-2)14-26-9-11-27(12-10-26)15-21-24-22(25-30-21)17-4-6-18(23)7-5-17/h3-8,13H,9-12,14-15H2,1-2H3. The monoisotopic (exact) mass is 428 g/mol. The van der Waals surface area contributed by atoms with E-state index in [0.29, 0.717) is 23.3 Å². The Labute approximate surface area is 181 Å². The highest BCUT2D eigenvalue weighted by molar-refractivity contribution is 6.30. The van der Waals surface area contributed by atoms with Crippen LogP contribution in [-0.2, 0) is 13.1 Å². The summed E-state index contributed by atoms with van der Waals surface area (Å²) >= 11 is 5.94. The molecule has 7 nitrogen and oxygen atoms in total. The van der Waals surface area contributed by atoms with Crippen molar-refractivity contribution in [1.82, 2.24) is 19.9 Å². The van der Waals surface area contributed by atoms with Gasteiger partial charge in [0.05, 0.1) is 20.8 Å². The van der Waals surface area contributed by atoms with Crippen molar-refractivity contribution in [2.24, 2.45) is 0 Å². The van der Waals surface area contributed by atoms with Crippen LogP contribution in [0.25, 0.3) is 11.4 Å². The number of ether oxygens (including phenoxy) is 2. The molecule has 1 fully saturated rings. The number of hydrogen-bond donors (Lipinski definition) is 0. The molecule has 0 bridgehead atoms. The van der Waals surface area contributed by atoms with E-state index in [1.54, 1.807) is 14.2 Å². The summed E-state index contributed by atoms with van der Waals surface area (Å²) < 4.78 is 16.2. The van der Waals surface area contributed by atoms with Crippen molar-refractivity contribution in [1.29, 1.82) is 0 Å². The molecule has 0 atom stereocenters. The topological polar surface area (TPSA) is 63.9 Å². The first kappa shape index (κ1) is 20.7. The molecule has 0 N–H and O–H groups in total. The summed E-state index contributed by atoms with van der Waals surface area (Å²) in [5.41, 5.74) is 2.11. The lowest BCUT2D eigenvalue weighted by atomic mass is 10.1. The lowest BCUT2D eigenvalue weighted by Crippen LogP contribution is -2.45. The largest absolute Gasteiger partial charge is 0.493 e. The average molecular weight is 429 g/mol. The molecule has 2 aromatic carbocycles. The second-order valence-electron chi connectivity index (χ2n) is 7.26. The Morgan fingerprint density at radius 1 is 0.900 bits per heavy atom. The van der Waals surface area contributed by atoms with Crippen molar-refractivity contribution in [3.05, 3.63) is 58.9 Å². The van der Waals surface area contributed by atoms with Crippen LogP contribution in [0.15, 0.2) is 47.0 Å². The summed E-state index contributed by atoms with van der Waals surface area (Å²) in [5.74, 6) is 2.74. The van der Waals surface area contributed by atoms with Gasteiger partial charge in [0.25, 0.3) is 0 Å². The molecule has 0 unspecified atom stereocenters. The van der Waals surface area contributed by atoms with Crippen molar-refractivity contribution in [2.45, 2.75) is 13.1 Å². The maximum Gasteiger partial charge on any atom is 0.241 e. The minimum Gasteiger partial charge on any atom is -0.493 e. The number of rotatable bonds is 7. The molecule has 30 heavy (non-hydrogen) atoms. The minimum atomic E-state index is 0.591. The van der Waals surface area contributed by atoms with E-state index in [4.69, 9.17) is 25.6 Å². The Kier molecular flexibility index (Phi) is 6.52. The molecule has 1 saturated heterocycles. The van der Waals surface area contributed by atoms with Crippen LogP contribution in [0.5, 0.6) is 11.5 Å². The maximum atomic E-state index is 5.94. The maximum absolute atomic E-state index is 5.94. The number of piperazine rings is 1. The summed E-state index contributed by atoms with van der Waals surface area (Å²) in [6.07, 6.45) is 0. The molecule has 0 saturated carbocycles. The molecule has 8 heteroatoms. The lowest BCUT2D eigenvalue weighted by Gasteiger charge is -2.34. The fraction of sp³-hybridized carbons (Fsp3) is 0.364. The Bertz CT molecular complexity index is 969. The number of hydrogen-bond acceptors (Lipinski definition) is 7. The summed E-state index contributed by atoms with van der Waals surface area (Å²) in [6.45, 7) is 5.40. The van der Waals surface area contributed by atoms with Gasteiger partial charge in [-0.05, 0) is 42.0 Å². The van der Waals surface area contributed by atoms with E-state index < -0.39 is 0 Å². The predicted molar refractivity (Wildman–Crippen MR) is 115 cm³/mol. The SMILES string of the molecule is COc1ccc(CN2CCN(Cc3nc(-c4ccc(Cl)cc4)no3)CC2)cc1OC. The number of nitrogens with zero attached hydrogens (tertiary/aromatic N) is 4. The molecule has 0 amide bonds. The highest BCUT2D eigenvalue weighted by Crippen LogP contribution is 2.28. The average Bonchev–Trinajstić information content (AvgIpc) is 3.24. The highest BCUT2D eigenvalue weighted by atomic mass is 35.5. The Morgan fingerprint density at radius 2 is 1.57 bits per heavy atom. The highest BCUT2D eigenvalue weighted by Gasteiger charge is 2.20. The second kappa shape index (κ2) is 9.47. The summed E-state index contributed by atoms with van der Waals surface area (Å²) in [5, 5.41) is 4.78. The van der Waals surface area contributed by atoms with Gasteiger partial charge < -0.3 is 14.0 Å². The third-order valence-electron chi connectivity index (χ3n) is 5.25. The fourth-order valence-corrected chi connectivity index (χ4v) is 3.70. The van der Waals surface area contributed by atoms with Gasteiger partial charge >= 0.3 is 0 Å². The lowest BCUT2D eigenvalue weighted by molar-refractivity contribution is 0.112. The first-order valence-electron chi connectivity index (χ1n) is 9.89. The van der Waals surface area contributed by atoms with Gasteiger partial charge in [-0.3, -0.25) is 9.80 Å². The van der Waals surface area contributed by atoms with Crippen LogP contribution >= 0.6 is 11.6 Å². The molecule has 1 aliphatic heterocycles. The molecule has 4 rings (SSSR count). The number of benzene rings is 2. The van der Waals surface area contributed by atoms with Crippen molar-refractivity contribution in [3.8, 4) is 22.9 Å². The van der Waals surface area contributed by atoms with Crippen molar-refractivity contribution in [3.63, 3.8) is 0 Å². The smallest absolute Gasteiger partial charge is 0.241 e. The van der Waals surface area contributed by atoms with Gasteiger partial charge in [-0.25, -0.2) is 0 Å². The van der Waals surface area contributed by atoms with E-state index in [1.807, 2.05) is 36.4 Å². The molecule has 1 aromatic heterocycles. The molecule has 2 heterocycles. The molecule has 0 spiro atoms. The van der Waals surface area contributed by atoms with Crippen molar-refractivity contribution < 1.29 is 14.0 Å². The fourth-order valence-electron chi connectivity index (χ4n) is 3.57. The first-order chi connectivity index (χ1) is 14.6. The van der Waals surface area contributed by atoms with Gasteiger partial charge in [-0.2, -0.15) is 4.98 Å². The van der Waals surface area contributed by atoms with Crippen LogP contribution in [0.4, 0.5) is 0 Å². The number of methoxy groups -OCH3 is 2. The van der Waals surface area contributed by atoms with E-state index in [2.05, 4.69) is 26.0 Å². The zero-order valence-electron chi connectivity index (χ0n) is 17.2. The molecule has 0 radical (unpaired) electrons. The molecular formula is C22H25ClN4O3.